The van der Waals surface area contributed by atoms with Gasteiger partial charge in [0.2, 0.25) is 0 Å². The summed E-state index contributed by atoms with van der Waals surface area (Å²) in [6.45, 7) is 2.50. The van der Waals surface area contributed by atoms with Gasteiger partial charge in [0, 0.05) is 5.56 Å². The minimum atomic E-state index is -0.563. The quantitative estimate of drug-likeness (QED) is 0.824. The number of hydrogen-bond donors (Lipinski definition) is 1. The number of benzene rings is 1. The third kappa shape index (κ3) is 2.07. The monoisotopic (exact) mass is 206 g/mol. The van der Waals surface area contributed by atoms with E-state index in [1.54, 1.807) is 6.07 Å². The van der Waals surface area contributed by atoms with E-state index in [0.717, 1.165) is 11.3 Å². The molecule has 1 aromatic carbocycles. The molecule has 1 N–H and O–H groups in total. The van der Waals surface area contributed by atoms with Crippen LogP contribution < -0.4 is 10.5 Å². The molecule has 0 atom stereocenters. The first-order valence-electron chi connectivity index (χ1n) is 4.59. The van der Waals surface area contributed by atoms with Crippen molar-refractivity contribution < 1.29 is 9.26 Å². The molecule has 1 heterocycles. The molecule has 0 unspecified atom stereocenters. The Hall–Kier alpha value is -2.04. The average Bonchev–Trinajstić information content (AvgIpc) is 2.66. The second kappa shape index (κ2) is 4.00. The molecule has 0 saturated carbocycles. The summed E-state index contributed by atoms with van der Waals surface area (Å²) in [5.74, 6) is 0.576. The van der Waals surface area contributed by atoms with Crippen molar-refractivity contribution in [3.05, 3.63) is 34.8 Å². The van der Waals surface area contributed by atoms with Crippen LogP contribution in [0.15, 0.2) is 33.6 Å². The third-order valence-corrected chi connectivity index (χ3v) is 1.86. The van der Waals surface area contributed by atoms with Crippen LogP contribution in [-0.2, 0) is 0 Å². The van der Waals surface area contributed by atoms with Crippen LogP contribution in [0.2, 0.25) is 0 Å². The minimum absolute atomic E-state index is 0.404. The number of ether oxygens (including phenoxy) is 1. The smallest absolute Gasteiger partial charge is 0.439 e. The van der Waals surface area contributed by atoms with Crippen molar-refractivity contribution in [3.8, 4) is 17.1 Å². The molecule has 2 aromatic rings. The van der Waals surface area contributed by atoms with Crippen molar-refractivity contribution >= 4 is 0 Å². The zero-order valence-corrected chi connectivity index (χ0v) is 8.19. The number of H-pyrrole nitrogens is 1. The first-order chi connectivity index (χ1) is 7.29. The Morgan fingerprint density at radius 2 is 2.40 bits per heavy atom. The van der Waals surface area contributed by atoms with E-state index >= 15 is 0 Å². The molecule has 5 heteroatoms. The molecular weight excluding hydrogens is 196 g/mol. The second-order valence-electron chi connectivity index (χ2n) is 2.90. The molecule has 0 saturated heterocycles. The van der Waals surface area contributed by atoms with Gasteiger partial charge >= 0.3 is 5.76 Å². The summed E-state index contributed by atoms with van der Waals surface area (Å²) in [5.41, 5.74) is 0.756. The largest absolute Gasteiger partial charge is 0.494 e. The van der Waals surface area contributed by atoms with E-state index in [1.807, 2.05) is 25.1 Å². The number of rotatable bonds is 3. The molecule has 15 heavy (non-hydrogen) atoms. The molecule has 0 spiro atoms. The maximum absolute atomic E-state index is 10.8. The molecule has 0 bridgehead atoms. The summed E-state index contributed by atoms with van der Waals surface area (Å²) in [6.07, 6.45) is 0. The molecule has 0 radical (unpaired) electrons. The maximum Gasteiger partial charge on any atom is 0.439 e. The fourth-order valence-corrected chi connectivity index (χ4v) is 1.25. The van der Waals surface area contributed by atoms with Gasteiger partial charge in [-0.2, -0.15) is 0 Å². The van der Waals surface area contributed by atoms with Gasteiger partial charge in [0.15, 0.2) is 5.82 Å². The van der Waals surface area contributed by atoms with E-state index in [-0.39, 0.29) is 0 Å². The Labute approximate surface area is 85.7 Å². The lowest BCUT2D eigenvalue weighted by molar-refractivity contribution is 0.340. The zero-order chi connectivity index (χ0) is 10.7. The Morgan fingerprint density at radius 1 is 1.53 bits per heavy atom. The SMILES string of the molecule is CCOc1cccc(-c2noc(=O)[nH]2)c1. The van der Waals surface area contributed by atoms with Crippen LogP contribution in [0, 0.1) is 0 Å². The van der Waals surface area contributed by atoms with Crippen molar-refractivity contribution in [1.82, 2.24) is 10.1 Å². The normalized spacial score (nSPS) is 10.2. The van der Waals surface area contributed by atoms with Crippen molar-refractivity contribution in [3.63, 3.8) is 0 Å². The van der Waals surface area contributed by atoms with E-state index in [9.17, 15) is 4.79 Å². The van der Waals surface area contributed by atoms with Crippen molar-refractivity contribution in [2.45, 2.75) is 6.92 Å². The van der Waals surface area contributed by atoms with Crippen LogP contribution in [-0.4, -0.2) is 16.7 Å². The molecule has 0 amide bonds. The standard InChI is InChI=1S/C10H10N2O3/c1-2-14-8-5-3-4-7(6-8)9-11-10(13)15-12-9/h3-6H,2H2,1H3,(H,11,12,13). The Kier molecular flexibility index (Phi) is 2.53. The highest BCUT2D eigenvalue weighted by Gasteiger charge is 2.04. The average molecular weight is 206 g/mol. The van der Waals surface area contributed by atoms with E-state index in [2.05, 4.69) is 14.7 Å². The van der Waals surface area contributed by atoms with Crippen LogP contribution in [0.25, 0.3) is 11.4 Å². The number of aromatic amines is 1. The summed E-state index contributed by atoms with van der Waals surface area (Å²) in [7, 11) is 0. The van der Waals surface area contributed by atoms with Gasteiger partial charge in [-0.3, -0.25) is 9.51 Å². The van der Waals surface area contributed by atoms with Crippen LogP contribution in [0.5, 0.6) is 5.75 Å². The zero-order valence-electron chi connectivity index (χ0n) is 8.19. The summed E-state index contributed by atoms with van der Waals surface area (Å²) >= 11 is 0. The molecule has 78 valence electrons. The first kappa shape index (κ1) is 9.51. The van der Waals surface area contributed by atoms with E-state index in [0.29, 0.717) is 12.4 Å². The van der Waals surface area contributed by atoms with Gasteiger partial charge in [-0.25, -0.2) is 4.79 Å². The fourth-order valence-electron chi connectivity index (χ4n) is 1.25. The maximum atomic E-state index is 10.8. The number of hydrogen-bond acceptors (Lipinski definition) is 4. The van der Waals surface area contributed by atoms with Crippen molar-refractivity contribution in [2.24, 2.45) is 0 Å². The topological polar surface area (TPSA) is 68.1 Å². The van der Waals surface area contributed by atoms with E-state index in [4.69, 9.17) is 4.74 Å². The molecule has 0 aliphatic rings. The minimum Gasteiger partial charge on any atom is -0.494 e. The van der Waals surface area contributed by atoms with E-state index < -0.39 is 5.76 Å². The summed E-state index contributed by atoms with van der Waals surface area (Å²) < 4.78 is 9.74. The number of aromatic nitrogens is 2. The second-order valence-corrected chi connectivity index (χ2v) is 2.90. The van der Waals surface area contributed by atoms with Crippen LogP contribution in [0.4, 0.5) is 0 Å². The van der Waals surface area contributed by atoms with Gasteiger partial charge in [0.1, 0.15) is 5.75 Å². The summed E-state index contributed by atoms with van der Waals surface area (Å²) in [4.78, 5) is 13.2. The molecule has 0 aliphatic carbocycles. The Balaban J connectivity index is 2.36. The highest BCUT2D eigenvalue weighted by Crippen LogP contribution is 2.19. The van der Waals surface area contributed by atoms with Gasteiger partial charge in [-0.15, -0.1) is 0 Å². The molecule has 5 nitrogen and oxygen atoms in total. The lowest BCUT2D eigenvalue weighted by Gasteiger charge is -2.03. The van der Waals surface area contributed by atoms with Gasteiger partial charge in [0.05, 0.1) is 6.61 Å². The summed E-state index contributed by atoms with van der Waals surface area (Å²) in [5, 5.41) is 3.59. The highest BCUT2D eigenvalue weighted by molar-refractivity contribution is 5.56. The van der Waals surface area contributed by atoms with Crippen LogP contribution >= 0.6 is 0 Å². The van der Waals surface area contributed by atoms with Gasteiger partial charge < -0.3 is 4.74 Å². The summed E-state index contributed by atoms with van der Waals surface area (Å²) in [6, 6.07) is 7.27. The predicted molar refractivity (Wildman–Crippen MR) is 53.7 cm³/mol. The lowest BCUT2D eigenvalue weighted by atomic mass is 10.2. The number of nitrogens with one attached hydrogen (secondary N) is 1. The molecule has 0 aliphatic heterocycles. The fraction of sp³-hybridized carbons (Fsp3) is 0.200. The molecule has 0 fully saturated rings. The van der Waals surface area contributed by atoms with Crippen molar-refractivity contribution in [2.75, 3.05) is 6.61 Å². The van der Waals surface area contributed by atoms with Gasteiger partial charge in [-0.05, 0) is 19.1 Å². The van der Waals surface area contributed by atoms with Crippen LogP contribution in [0.3, 0.4) is 0 Å². The van der Waals surface area contributed by atoms with Crippen LogP contribution in [0.1, 0.15) is 6.92 Å². The van der Waals surface area contributed by atoms with Gasteiger partial charge in [-0.1, -0.05) is 17.3 Å². The molecule has 2 rings (SSSR count). The molecular formula is C10H10N2O3. The van der Waals surface area contributed by atoms with Gasteiger partial charge in [0.25, 0.3) is 0 Å². The first-order valence-corrected chi connectivity index (χ1v) is 4.59. The predicted octanol–water partition coefficient (Wildman–Crippen LogP) is 1.43. The highest BCUT2D eigenvalue weighted by atomic mass is 16.5. The lowest BCUT2D eigenvalue weighted by Crippen LogP contribution is -1.95. The molecule has 1 aromatic heterocycles. The van der Waals surface area contributed by atoms with Crippen molar-refractivity contribution in [1.29, 1.82) is 0 Å². The number of nitrogens with zero attached hydrogens (tertiary/aromatic N) is 1. The van der Waals surface area contributed by atoms with E-state index in [1.165, 1.54) is 0 Å². The third-order valence-electron chi connectivity index (χ3n) is 1.86. The Morgan fingerprint density at radius 3 is 3.07 bits per heavy atom. The Bertz CT molecular complexity index is 501.